The first-order valence-electron chi connectivity index (χ1n) is 8.35. The summed E-state index contributed by atoms with van der Waals surface area (Å²) in [5.41, 5.74) is 1.16. The van der Waals surface area contributed by atoms with Crippen LogP contribution in [0.1, 0.15) is 49.5 Å². The molecule has 1 aromatic carbocycles. The summed E-state index contributed by atoms with van der Waals surface area (Å²) in [5.74, 6) is 0.144. The molecule has 6 heteroatoms. The fraction of sp³-hybridized carbons (Fsp3) is 0.500. The van der Waals surface area contributed by atoms with E-state index in [0.29, 0.717) is 17.0 Å². The average molecular weight is 331 g/mol. The second kappa shape index (κ2) is 7.95. The van der Waals surface area contributed by atoms with Crippen LogP contribution in [0.3, 0.4) is 0 Å². The molecule has 1 fully saturated rings. The number of benzene rings is 1. The molecule has 130 valence electrons. The molecule has 0 aliphatic carbocycles. The minimum Gasteiger partial charge on any atom is -0.350 e. The highest BCUT2D eigenvalue weighted by molar-refractivity contribution is 6.02. The van der Waals surface area contributed by atoms with E-state index in [-0.39, 0.29) is 30.9 Å². The van der Waals surface area contributed by atoms with Gasteiger partial charge in [0.1, 0.15) is 0 Å². The number of carbonyl (C=O) groups excluding carboxylic acids is 3. The number of nitrogens with zero attached hydrogens (tertiary/aromatic N) is 1. The molecule has 1 heterocycles. The van der Waals surface area contributed by atoms with Gasteiger partial charge in [0, 0.05) is 11.6 Å². The summed E-state index contributed by atoms with van der Waals surface area (Å²) >= 11 is 0. The Balaban J connectivity index is 2.06. The van der Waals surface area contributed by atoms with Gasteiger partial charge in [0.15, 0.2) is 0 Å². The lowest BCUT2D eigenvalue weighted by molar-refractivity contribution is -0.125. The summed E-state index contributed by atoms with van der Waals surface area (Å²) in [6.45, 7) is 6.41. The molecule has 1 atom stereocenters. The molecular weight excluding hydrogens is 306 g/mol. The molecule has 0 radical (unpaired) electrons. The highest BCUT2D eigenvalue weighted by Gasteiger charge is 2.29. The summed E-state index contributed by atoms with van der Waals surface area (Å²) < 4.78 is 0. The van der Waals surface area contributed by atoms with Crippen molar-refractivity contribution in [2.24, 2.45) is 5.92 Å². The monoisotopic (exact) mass is 331 g/mol. The van der Waals surface area contributed by atoms with Crippen molar-refractivity contribution in [2.75, 3.05) is 6.54 Å². The summed E-state index contributed by atoms with van der Waals surface area (Å²) in [6.07, 6.45) is 1.96. The van der Waals surface area contributed by atoms with E-state index in [2.05, 4.69) is 24.5 Å². The van der Waals surface area contributed by atoms with E-state index in [4.69, 9.17) is 0 Å². The van der Waals surface area contributed by atoms with Crippen molar-refractivity contribution in [3.8, 4) is 0 Å². The first-order chi connectivity index (χ1) is 11.4. The van der Waals surface area contributed by atoms with Gasteiger partial charge in [-0.1, -0.05) is 32.0 Å². The average Bonchev–Trinajstić information content (AvgIpc) is 2.85. The number of hydrogen-bond acceptors (Lipinski definition) is 3. The Morgan fingerprint density at radius 2 is 1.92 bits per heavy atom. The number of imide groups is 1. The zero-order valence-corrected chi connectivity index (χ0v) is 14.5. The second-order valence-electron chi connectivity index (χ2n) is 6.64. The fourth-order valence-corrected chi connectivity index (χ4v) is 2.62. The van der Waals surface area contributed by atoms with Gasteiger partial charge in [-0.05, 0) is 37.3 Å². The molecule has 0 bridgehead atoms. The van der Waals surface area contributed by atoms with Crippen LogP contribution in [0, 0.1) is 5.92 Å². The van der Waals surface area contributed by atoms with Gasteiger partial charge in [0.2, 0.25) is 5.91 Å². The van der Waals surface area contributed by atoms with Crippen LogP contribution in [0.4, 0.5) is 4.79 Å². The topological polar surface area (TPSA) is 78.5 Å². The van der Waals surface area contributed by atoms with E-state index in [0.717, 1.165) is 17.7 Å². The standard InChI is InChI=1S/C18H25N3O3/c1-12(2)8-9-13(3)20-17(23)15-7-5-4-6-14(15)11-21-16(22)10-19-18(21)24/h4-7,12-13H,8-11H2,1-3H3,(H,19,24)(H,20,23)/t13-/m0/s1. The fourth-order valence-electron chi connectivity index (χ4n) is 2.62. The Hall–Kier alpha value is -2.37. The molecular formula is C18H25N3O3. The van der Waals surface area contributed by atoms with Gasteiger partial charge in [-0.25, -0.2) is 4.79 Å². The molecule has 0 aromatic heterocycles. The summed E-state index contributed by atoms with van der Waals surface area (Å²) in [7, 11) is 0. The van der Waals surface area contributed by atoms with E-state index < -0.39 is 6.03 Å². The van der Waals surface area contributed by atoms with Crippen LogP contribution in [0.5, 0.6) is 0 Å². The maximum Gasteiger partial charge on any atom is 0.324 e. The van der Waals surface area contributed by atoms with Gasteiger partial charge in [0.25, 0.3) is 5.91 Å². The van der Waals surface area contributed by atoms with Gasteiger partial charge >= 0.3 is 6.03 Å². The van der Waals surface area contributed by atoms with Crippen molar-refractivity contribution >= 4 is 17.8 Å². The Labute approximate surface area is 142 Å². The highest BCUT2D eigenvalue weighted by Crippen LogP contribution is 2.15. The predicted molar refractivity (Wildman–Crippen MR) is 91.4 cm³/mol. The van der Waals surface area contributed by atoms with E-state index in [1.807, 2.05) is 6.92 Å². The Bertz CT molecular complexity index is 612. The molecule has 1 saturated heterocycles. The molecule has 6 nitrogen and oxygen atoms in total. The first kappa shape index (κ1) is 18.0. The number of nitrogens with one attached hydrogen (secondary N) is 2. The van der Waals surface area contributed by atoms with Crippen molar-refractivity contribution < 1.29 is 14.4 Å². The minimum absolute atomic E-state index is 0.0133. The van der Waals surface area contributed by atoms with E-state index in [9.17, 15) is 14.4 Å². The second-order valence-corrected chi connectivity index (χ2v) is 6.64. The first-order valence-corrected chi connectivity index (χ1v) is 8.35. The van der Waals surface area contributed by atoms with Crippen molar-refractivity contribution in [2.45, 2.75) is 46.2 Å². The Kier molecular flexibility index (Phi) is 5.95. The lowest BCUT2D eigenvalue weighted by Crippen LogP contribution is -2.35. The summed E-state index contributed by atoms with van der Waals surface area (Å²) in [4.78, 5) is 37.1. The zero-order valence-electron chi connectivity index (χ0n) is 14.5. The van der Waals surface area contributed by atoms with Gasteiger partial charge in [-0.3, -0.25) is 14.5 Å². The Morgan fingerprint density at radius 3 is 2.54 bits per heavy atom. The van der Waals surface area contributed by atoms with Crippen LogP contribution in [0.25, 0.3) is 0 Å². The van der Waals surface area contributed by atoms with Crippen LogP contribution in [0.2, 0.25) is 0 Å². The van der Waals surface area contributed by atoms with Gasteiger partial charge in [0.05, 0.1) is 13.1 Å². The largest absolute Gasteiger partial charge is 0.350 e. The van der Waals surface area contributed by atoms with Crippen LogP contribution < -0.4 is 10.6 Å². The smallest absolute Gasteiger partial charge is 0.324 e. The van der Waals surface area contributed by atoms with Crippen molar-refractivity contribution in [3.63, 3.8) is 0 Å². The molecule has 24 heavy (non-hydrogen) atoms. The van der Waals surface area contributed by atoms with E-state index in [1.165, 1.54) is 0 Å². The van der Waals surface area contributed by atoms with Gasteiger partial charge in [-0.2, -0.15) is 0 Å². The van der Waals surface area contributed by atoms with Crippen LogP contribution in [0.15, 0.2) is 24.3 Å². The molecule has 0 unspecified atom stereocenters. The third-order valence-corrected chi connectivity index (χ3v) is 4.08. The SMILES string of the molecule is CC(C)CC[C@H](C)NC(=O)c1ccccc1CN1C(=O)CNC1=O. The minimum atomic E-state index is -0.416. The molecule has 0 saturated carbocycles. The quantitative estimate of drug-likeness (QED) is 0.753. The maximum absolute atomic E-state index is 12.5. The van der Waals surface area contributed by atoms with Crippen molar-refractivity contribution in [1.29, 1.82) is 0 Å². The van der Waals surface area contributed by atoms with E-state index in [1.54, 1.807) is 24.3 Å². The maximum atomic E-state index is 12.5. The van der Waals surface area contributed by atoms with Crippen LogP contribution in [-0.2, 0) is 11.3 Å². The van der Waals surface area contributed by atoms with Gasteiger partial charge in [-0.15, -0.1) is 0 Å². The molecule has 2 rings (SSSR count). The summed E-state index contributed by atoms with van der Waals surface area (Å²) in [6, 6.07) is 6.73. The number of rotatable bonds is 7. The number of amides is 4. The summed E-state index contributed by atoms with van der Waals surface area (Å²) in [5, 5.41) is 5.48. The molecule has 4 amide bonds. The normalized spacial score (nSPS) is 15.6. The van der Waals surface area contributed by atoms with Crippen molar-refractivity contribution in [1.82, 2.24) is 15.5 Å². The number of hydrogen-bond donors (Lipinski definition) is 2. The van der Waals surface area contributed by atoms with Crippen molar-refractivity contribution in [3.05, 3.63) is 35.4 Å². The number of urea groups is 1. The highest BCUT2D eigenvalue weighted by atomic mass is 16.2. The molecule has 1 aromatic rings. The zero-order chi connectivity index (χ0) is 17.7. The molecule has 2 N–H and O–H groups in total. The third kappa shape index (κ3) is 4.57. The van der Waals surface area contributed by atoms with Crippen LogP contribution >= 0.6 is 0 Å². The number of carbonyl (C=O) groups is 3. The lowest BCUT2D eigenvalue weighted by Gasteiger charge is -2.18. The predicted octanol–water partition coefficient (Wildman–Crippen LogP) is 2.29. The molecule has 1 aliphatic rings. The van der Waals surface area contributed by atoms with Crippen LogP contribution in [-0.4, -0.2) is 35.3 Å². The van der Waals surface area contributed by atoms with E-state index >= 15 is 0 Å². The Morgan fingerprint density at radius 1 is 1.21 bits per heavy atom. The molecule has 1 aliphatic heterocycles. The molecule has 0 spiro atoms. The lowest BCUT2D eigenvalue weighted by atomic mass is 10.0. The third-order valence-electron chi connectivity index (χ3n) is 4.08. The van der Waals surface area contributed by atoms with Gasteiger partial charge < -0.3 is 10.6 Å².